The van der Waals surface area contributed by atoms with E-state index in [1.807, 2.05) is 0 Å². The Balaban J connectivity index is 2.15. The first kappa shape index (κ1) is 12.5. The lowest BCUT2D eigenvalue weighted by Gasteiger charge is -2.01. The summed E-state index contributed by atoms with van der Waals surface area (Å²) in [5.74, 6) is 0.507. The van der Waals surface area contributed by atoms with Gasteiger partial charge in [0, 0.05) is 0 Å². The summed E-state index contributed by atoms with van der Waals surface area (Å²) in [5, 5.41) is 4.44. The van der Waals surface area contributed by atoms with Crippen molar-refractivity contribution in [1.82, 2.24) is 14.6 Å². The number of halogens is 1. The molecule has 0 aromatic carbocycles. The quantitative estimate of drug-likeness (QED) is 0.726. The molecule has 0 aliphatic heterocycles. The van der Waals surface area contributed by atoms with Gasteiger partial charge in [-0.25, -0.2) is 9.78 Å². The van der Waals surface area contributed by atoms with Gasteiger partial charge in [0.05, 0.1) is 12.7 Å². The third-order valence-corrected chi connectivity index (χ3v) is 2.88. The lowest BCUT2D eigenvalue weighted by atomic mass is 10.2. The Morgan fingerprint density at radius 2 is 2.25 bits per heavy atom. The highest BCUT2D eigenvalue weighted by molar-refractivity contribution is 6.28. The first-order valence-corrected chi connectivity index (χ1v) is 5.96. The fourth-order valence-electron chi connectivity index (χ4n) is 1.78. The molecule has 0 spiro atoms. The molecule has 20 heavy (non-hydrogen) atoms. The van der Waals surface area contributed by atoms with Gasteiger partial charge in [-0.3, -0.25) is 0 Å². The molecular formula is C12H9ClN4O3. The number of furan rings is 1. The van der Waals surface area contributed by atoms with Crippen molar-refractivity contribution in [2.45, 2.75) is 0 Å². The number of esters is 1. The Bertz CT molecular complexity index is 808. The van der Waals surface area contributed by atoms with Crippen LogP contribution in [0, 0.1) is 0 Å². The summed E-state index contributed by atoms with van der Waals surface area (Å²) >= 11 is 5.71. The third-order valence-electron chi connectivity index (χ3n) is 2.68. The largest absolute Gasteiger partial charge is 0.465 e. The monoisotopic (exact) mass is 292 g/mol. The molecule has 2 N–H and O–H groups in total. The highest BCUT2D eigenvalue weighted by atomic mass is 35.5. The van der Waals surface area contributed by atoms with E-state index in [9.17, 15) is 4.79 Å². The number of pyridine rings is 1. The van der Waals surface area contributed by atoms with Crippen LogP contribution in [0.25, 0.3) is 17.2 Å². The van der Waals surface area contributed by atoms with Crippen molar-refractivity contribution in [3.8, 4) is 11.6 Å². The van der Waals surface area contributed by atoms with Crippen LogP contribution in [0.4, 0.5) is 5.82 Å². The number of nitrogen functional groups attached to an aromatic ring is 1. The minimum Gasteiger partial charge on any atom is -0.465 e. The Labute approximate surface area is 117 Å². The Hall–Kier alpha value is -2.54. The maximum absolute atomic E-state index is 11.5. The van der Waals surface area contributed by atoms with Crippen LogP contribution >= 0.6 is 11.6 Å². The molecule has 7 nitrogen and oxygen atoms in total. The number of nitrogens with two attached hydrogens (primary N) is 1. The molecule has 3 aromatic heterocycles. The van der Waals surface area contributed by atoms with E-state index >= 15 is 0 Å². The van der Waals surface area contributed by atoms with Crippen molar-refractivity contribution in [3.05, 3.63) is 35.0 Å². The van der Waals surface area contributed by atoms with Gasteiger partial charge in [0.1, 0.15) is 5.82 Å². The molecule has 0 bridgehead atoms. The molecule has 3 heterocycles. The van der Waals surface area contributed by atoms with E-state index in [0.29, 0.717) is 22.8 Å². The van der Waals surface area contributed by atoms with Crippen LogP contribution in [0.1, 0.15) is 10.4 Å². The van der Waals surface area contributed by atoms with E-state index in [1.54, 1.807) is 12.1 Å². The van der Waals surface area contributed by atoms with E-state index in [-0.39, 0.29) is 11.0 Å². The number of fused-ring (bicyclic) bond motifs is 1. The maximum atomic E-state index is 11.5. The fraction of sp³-hybridized carbons (Fsp3) is 0.0833. The predicted octanol–water partition coefficient (Wildman–Crippen LogP) is 2.01. The van der Waals surface area contributed by atoms with Crippen LogP contribution < -0.4 is 5.73 Å². The van der Waals surface area contributed by atoms with Gasteiger partial charge in [-0.2, -0.15) is 4.52 Å². The number of carbonyl (C=O) groups is 1. The van der Waals surface area contributed by atoms with Crippen molar-refractivity contribution < 1.29 is 13.9 Å². The van der Waals surface area contributed by atoms with E-state index in [4.69, 9.17) is 21.8 Å². The average Bonchev–Trinajstić information content (AvgIpc) is 3.03. The van der Waals surface area contributed by atoms with Gasteiger partial charge in [-0.15, -0.1) is 5.10 Å². The molecule has 0 aliphatic rings. The second kappa shape index (κ2) is 4.53. The van der Waals surface area contributed by atoms with Crippen LogP contribution in [-0.4, -0.2) is 27.7 Å². The Morgan fingerprint density at radius 1 is 1.45 bits per heavy atom. The molecule has 3 rings (SSSR count). The number of anilines is 1. The number of hydrogen-bond donors (Lipinski definition) is 1. The second-order valence-corrected chi connectivity index (χ2v) is 4.34. The molecule has 0 atom stereocenters. The molecule has 0 aliphatic carbocycles. The number of aromatic nitrogens is 3. The Morgan fingerprint density at radius 3 is 2.90 bits per heavy atom. The summed E-state index contributed by atoms with van der Waals surface area (Å²) in [5.41, 5.74) is 6.55. The van der Waals surface area contributed by atoms with Gasteiger partial charge < -0.3 is 14.9 Å². The lowest BCUT2D eigenvalue weighted by molar-refractivity contribution is 0.0601. The van der Waals surface area contributed by atoms with Crippen LogP contribution in [-0.2, 0) is 4.74 Å². The molecule has 102 valence electrons. The van der Waals surface area contributed by atoms with Gasteiger partial charge in [0.2, 0.25) is 5.82 Å². The molecular weight excluding hydrogens is 284 g/mol. The van der Waals surface area contributed by atoms with Crippen LogP contribution in [0.5, 0.6) is 0 Å². The first-order valence-electron chi connectivity index (χ1n) is 5.59. The smallest absolute Gasteiger partial charge is 0.338 e. The zero-order valence-corrected chi connectivity index (χ0v) is 11.1. The molecule has 0 saturated heterocycles. The molecule has 0 radical (unpaired) electrons. The van der Waals surface area contributed by atoms with E-state index in [0.717, 1.165) is 0 Å². The number of nitrogens with zero attached hydrogens (tertiary/aromatic N) is 3. The van der Waals surface area contributed by atoms with Crippen molar-refractivity contribution in [1.29, 1.82) is 0 Å². The molecule has 3 aromatic rings. The summed E-state index contributed by atoms with van der Waals surface area (Å²) < 4.78 is 11.3. The van der Waals surface area contributed by atoms with Gasteiger partial charge in [0.15, 0.2) is 16.6 Å². The summed E-state index contributed by atoms with van der Waals surface area (Å²) in [7, 11) is 1.29. The topological polar surface area (TPSA) is 95.7 Å². The van der Waals surface area contributed by atoms with Crippen LogP contribution in [0.2, 0.25) is 5.22 Å². The lowest BCUT2D eigenvalue weighted by Crippen LogP contribution is -2.06. The second-order valence-electron chi connectivity index (χ2n) is 3.97. The summed E-state index contributed by atoms with van der Waals surface area (Å²) in [6.07, 6.45) is 0. The average molecular weight is 293 g/mol. The number of ether oxygens (including phenoxy) is 1. The zero-order chi connectivity index (χ0) is 14.3. The van der Waals surface area contributed by atoms with Crippen LogP contribution in [0.3, 0.4) is 0 Å². The van der Waals surface area contributed by atoms with Gasteiger partial charge >= 0.3 is 5.97 Å². The SMILES string of the molecule is COC(=O)c1cc(N)n2nc(-c3ccc(Cl)o3)nc2c1. The summed E-state index contributed by atoms with van der Waals surface area (Å²) in [6.45, 7) is 0. The molecule has 8 heteroatoms. The van der Waals surface area contributed by atoms with Gasteiger partial charge in [-0.05, 0) is 35.9 Å². The maximum Gasteiger partial charge on any atom is 0.338 e. The predicted molar refractivity (Wildman–Crippen MR) is 71.5 cm³/mol. The van der Waals surface area contributed by atoms with Gasteiger partial charge in [-0.1, -0.05) is 0 Å². The highest BCUT2D eigenvalue weighted by Gasteiger charge is 2.15. The minimum absolute atomic E-state index is 0.238. The highest BCUT2D eigenvalue weighted by Crippen LogP contribution is 2.23. The van der Waals surface area contributed by atoms with Crippen LogP contribution in [0.15, 0.2) is 28.7 Å². The van der Waals surface area contributed by atoms with Crippen molar-refractivity contribution in [2.24, 2.45) is 0 Å². The Kier molecular flexibility index (Phi) is 2.83. The molecule has 0 amide bonds. The minimum atomic E-state index is -0.496. The number of methoxy groups -OCH3 is 1. The molecule has 0 fully saturated rings. The van der Waals surface area contributed by atoms with Crippen molar-refractivity contribution in [3.63, 3.8) is 0 Å². The zero-order valence-electron chi connectivity index (χ0n) is 10.3. The van der Waals surface area contributed by atoms with E-state index in [1.165, 1.54) is 23.8 Å². The number of carbonyl (C=O) groups excluding carboxylic acids is 1. The van der Waals surface area contributed by atoms with Crippen molar-refractivity contribution in [2.75, 3.05) is 12.8 Å². The summed E-state index contributed by atoms with van der Waals surface area (Å²) in [4.78, 5) is 15.8. The van der Waals surface area contributed by atoms with E-state index in [2.05, 4.69) is 14.8 Å². The molecule has 0 unspecified atom stereocenters. The number of rotatable bonds is 2. The fourth-order valence-corrected chi connectivity index (χ4v) is 1.93. The van der Waals surface area contributed by atoms with E-state index < -0.39 is 5.97 Å². The van der Waals surface area contributed by atoms with Crippen molar-refractivity contribution >= 4 is 29.0 Å². The summed E-state index contributed by atoms with van der Waals surface area (Å²) in [6, 6.07) is 6.23. The normalized spacial score (nSPS) is 10.9. The third kappa shape index (κ3) is 1.97. The van der Waals surface area contributed by atoms with Gasteiger partial charge in [0.25, 0.3) is 0 Å². The first-order chi connectivity index (χ1) is 9.58. The standard InChI is InChI=1S/C12H9ClN4O3/c1-19-12(18)6-4-9(14)17-10(5-6)15-11(16-17)7-2-3-8(13)20-7/h2-5H,14H2,1H3. The molecule has 0 saturated carbocycles. The number of hydrogen-bond acceptors (Lipinski definition) is 6.